The highest BCUT2D eigenvalue weighted by molar-refractivity contribution is 14.0. The molecule has 0 bridgehead atoms. The van der Waals surface area contributed by atoms with E-state index in [4.69, 9.17) is 11.6 Å². The van der Waals surface area contributed by atoms with Crippen LogP contribution in [0.4, 0.5) is 13.2 Å². The van der Waals surface area contributed by atoms with Crippen molar-refractivity contribution in [3.63, 3.8) is 0 Å². The Kier molecular flexibility index (Phi) is 10.1. The predicted molar refractivity (Wildman–Crippen MR) is 114 cm³/mol. The molecular formula is C16H25ClF3IN4OS. The Morgan fingerprint density at radius 2 is 1.96 bits per heavy atom. The first-order chi connectivity index (χ1) is 12.2. The number of thiophene rings is 1. The number of hydrogen-bond acceptors (Lipinski definition) is 4. The fraction of sp³-hybridized carbons (Fsp3) is 0.688. The fourth-order valence-electron chi connectivity index (χ4n) is 2.72. The third-order valence-corrected chi connectivity index (χ3v) is 5.64. The van der Waals surface area contributed by atoms with Crippen molar-refractivity contribution in [1.29, 1.82) is 0 Å². The minimum atomic E-state index is -4.22. The topological polar surface area (TPSA) is 51.1 Å². The number of rotatable bonds is 5. The minimum absolute atomic E-state index is 0. The Bertz CT molecular complexity index is 609. The fourth-order valence-corrected chi connectivity index (χ4v) is 3.76. The number of nitrogens with zero attached hydrogens (tertiary/aromatic N) is 3. The van der Waals surface area contributed by atoms with Crippen LogP contribution in [0.15, 0.2) is 17.1 Å². The molecule has 0 aromatic carbocycles. The van der Waals surface area contributed by atoms with Gasteiger partial charge in [0.25, 0.3) is 0 Å². The Balaban J connectivity index is 0.00000364. The average molecular weight is 541 g/mol. The molecule has 2 N–H and O–H groups in total. The van der Waals surface area contributed by atoms with Gasteiger partial charge in [-0.1, -0.05) is 11.6 Å². The molecule has 1 saturated heterocycles. The van der Waals surface area contributed by atoms with E-state index in [9.17, 15) is 18.3 Å². The van der Waals surface area contributed by atoms with Gasteiger partial charge in [0, 0.05) is 37.6 Å². The second-order valence-corrected chi connectivity index (χ2v) is 7.84. The molecule has 2 unspecified atom stereocenters. The van der Waals surface area contributed by atoms with Gasteiger partial charge in [-0.3, -0.25) is 9.89 Å². The van der Waals surface area contributed by atoms with E-state index in [1.165, 1.54) is 23.2 Å². The number of alkyl halides is 3. The third kappa shape index (κ3) is 7.22. The molecule has 0 amide bonds. The molecule has 156 valence electrons. The first-order valence-electron chi connectivity index (χ1n) is 8.49. The van der Waals surface area contributed by atoms with Crippen molar-refractivity contribution in [2.24, 2.45) is 4.99 Å². The van der Waals surface area contributed by atoms with Crippen molar-refractivity contribution in [1.82, 2.24) is 15.1 Å². The second kappa shape index (κ2) is 11.0. The van der Waals surface area contributed by atoms with Crippen LogP contribution in [0.5, 0.6) is 0 Å². The molecule has 1 aliphatic rings. The summed E-state index contributed by atoms with van der Waals surface area (Å²) < 4.78 is 39.2. The molecule has 1 aromatic heterocycles. The highest BCUT2D eigenvalue weighted by atomic mass is 127. The SMILES string of the molecule is CCNC(=NCC(O)c1ccc(Cl)s1)N1CCN(C(C)C(F)(F)F)CC1.I. The van der Waals surface area contributed by atoms with E-state index < -0.39 is 18.3 Å². The van der Waals surface area contributed by atoms with Crippen molar-refractivity contribution in [3.05, 3.63) is 21.3 Å². The summed E-state index contributed by atoms with van der Waals surface area (Å²) in [6.07, 6.45) is -4.97. The van der Waals surface area contributed by atoms with Crippen LogP contribution in [0.1, 0.15) is 24.8 Å². The standard InChI is InChI=1S/C16H24ClF3N4OS.HI/c1-3-21-15(22-10-12(25)13-4-5-14(17)26-13)24-8-6-23(7-9-24)11(2)16(18,19)20;/h4-5,11-12,25H,3,6-10H2,1-2H3,(H,21,22);1H. The molecule has 0 aliphatic carbocycles. The summed E-state index contributed by atoms with van der Waals surface area (Å²) in [5.74, 6) is 0.605. The zero-order valence-electron chi connectivity index (χ0n) is 15.2. The van der Waals surface area contributed by atoms with Gasteiger partial charge in [-0.05, 0) is 26.0 Å². The Morgan fingerprint density at radius 3 is 2.44 bits per heavy atom. The van der Waals surface area contributed by atoms with Gasteiger partial charge in [0.05, 0.1) is 10.9 Å². The van der Waals surface area contributed by atoms with Crippen molar-refractivity contribution >= 4 is 52.9 Å². The van der Waals surface area contributed by atoms with Crippen LogP contribution in [0, 0.1) is 0 Å². The first kappa shape index (κ1) is 24.7. The smallest absolute Gasteiger partial charge is 0.386 e. The number of aliphatic hydroxyl groups excluding tert-OH is 1. The number of aliphatic imine (C=N–C) groups is 1. The highest BCUT2D eigenvalue weighted by Gasteiger charge is 2.41. The summed E-state index contributed by atoms with van der Waals surface area (Å²) in [5.41, 5.74) is 0. The molecular weight excluding hydrogens is 516 g/mol. The minimum Gasteiger partial charge on any atom is -0.386 e. The van der Waals surface area contributed by atoms with Crippen LogP contribution in [0.3, 0.4) is 0 Å². The molecule has 0 saturated carbocycles. The van der Waals surface area contributed by atoms with Gasteiger partial charge in [0.15, 0.2) is 5.96 Å². The van der Waals surface area contributed by atoms with Crippen LogP contribution in [0.2, 0.25) is 4.34 Å². The summed E-state index contributed by atoms with van der Waals surface area (Å²) in [6.45, 7) is 5.45. The Hall–Kier alpha value is -0.300. The first-order valence-corrected chi connectivity index (χ1v) is 9.69. The highest BCUT2D eigenvalue weighted by Crippen LogP contribution is 2.27. The van der Waals surface area contributed by atoms with E-state index in [2.05, 4.69) is 10.3 Å². The van der Waals surface area contributed by atoms with E-state index in [1.54, 1.807) is 12.1 Å². The van der Waals surface area contributed by atoms with E-state index in [-0.39, 0.29) is 30.5 Å². The van der Waals surface area contributed by atoms with Crippen molar-refractivity contribution in [2.75, 3.05) is 39.3 Å². The maximum absolute atomic E-state index is 12.9. The van der Waals surface area contributed by atoms with Crippen molar-refractivity contribution < 1.29 is 18.3 Å². The lowest BCUT2D eigenvalue weighted by molar-refractivity contribution is -0.181. The number of piperazine rings is 1. The normalized spacial score (nSPS) is 18.8. The molecule has 0 spiro atoms. The lowest BCUT2D eigenvalue weighted by Gasteiger charge is -2.39. The quantitative estimate of drug-likeness (QED) is 0.341. The summed E-state index contributed by atoms with van der Waals surface area (Å²) >= 11 is 7.18. The van der Waals surface area contributed by atoms with Crippen LogP contribution >= 0.6 is 46.9 Å². The largest absolute Gasteiger partial charge is 0.403 e. The van der Waals surface area contributed by atoms with Crippen LogP contribution in [0.25, 0.3) is 0 Å². The van der Waals surface area contributed by atoms with Crippen LogP contribution in [-0.2, 0) is 0 Å². The number of halogens is 5. The molecule has 11 heteroatoms. The van der Waals surface area contributed by atoms with Gasteiger partial charge in [-0.25, -0.2) is 0 Å². The lowest BCUT2D eigenvalue weighted by Crippen LogP contribution is -2.56. The summed E-state index contributed by atoms with van der Waals surface area (Å²) in [7, 11) is 0. The number of aliphatic hydroxyl groups is 1. The molecule has 1 aliphatic heterocycles. The molecule has 2 atom stereocenters. The van der Waals surface area contributed by atoms with Gasteiger partial charge >= 0.3 is 6.18 Å². The molecule has 27 heavy (non-hydrogen) atoms. The maximum Gasteiger partial charge on any atom is 0.403 e. The monoisotopic (exact) mass is 540 g/mol. The average Bonchev–Trinajstić information content (AvgIpc) is 3.03. The number of hydrogen-bond donors (Lipinski definition) is 2. The van der Waals surface area contributed by atoms with Gasteiger partial charge in [-0.2, -0.15) is 13.2 Å². The van der Waals surface area contributed by atoms with Gasteiger partial charge in [0.1, 0.15) is 12.1 Å². The van der Waals surface area contributed by atoms with Gasteiger partial charge in [0.2, 0.25) is 0 Å². The zero-order chi connectivity index (χ0) is 19.3. The Labute approximate surface area is 183 Å². The Morgan fingerprint density at radius 1 is 1.33 bits per heavy atom. The zero-order valence-corrected chi connectivity index (χ0v) is 19.1. The summed E-state index contributed by atoms with van der Waals surface area (Å²) in [5, 5.41) is 13.4. The summed E-state index contributed by atoms with van der Waals surface area (Å²) in [6, 6.07) is 2.03. The lowest BCUT2D eigenvalue weighted by atomic mass is 10.2. The van der Waals surface area contributed by atoms with Gasteiger partial charge < -0.3 is 15.3 Å². The molecule has 2 heterocycles. The van der Waals surface area contributed by atoms with Crippen LogP contribution < -0.4 is 5.32 Å². The predicted octanol–water partition coefficient (Wildman–Crippen LogP) is 3.59. The third-order valence-electron chi connectivity index (χ3n) is 4.31. The van der Waals surface area contributed by atoms with Crippen molar-refractivity contribution in [2.45, 2.75) is 32.2 Å². The van der Waals surface area contributed by atoms with E-state index in [0.717, 1.165) is 4.88 Å². The van der Waals surface area contributed by atoms with E-state index in [1.807, 2.05) is 11.8 Å². The maximum atomic E-state index is 12.9. The van der Waals surface area contributed by atoms with Crippen molar-refractivity contribution in [3.8, 4) is 0 Å². The summed E-state index contributed by atoms with van der Waals surface area (Å²) in [4.78, 5) is 8.54. The molecule has 5 nitrogen and oxygen atoms in total. The van der Waals surface area contributed by atoms with Gasteiger partial charge in [-0.15, -0.1) is 35.3 Å². The molecule has 1 fully saturated rings. The molecule has 1 aromatic rings. The number of nitrogens with one attached hydrogen (secondary N) is 1. The molecule has 2 rings (SSSR count). The second-order valence-electron chi connectivity index (χ2n) is 6.09. The van der Waals surface area contributed by atoms with E-state index >= 15 is 0 Å². The van der Waals surface area contributed by atoms with Crippen LogP contribution in [-0.4, -0.2) is 72.4 Å². The number of guanidine groups is 1. The molecule has 0 radical (unpaired) electrons. The van der Waals surface area contributed by atoms with E-state index in [0.29, 0.717) is 43.0 Å².